The molecule has 130 valence electrons. The van der Waals surface area contributed by atoms with Crippen molar-refractivity contribution in [3.8, 4) is 0 Å². The van der Waals surface area contributed by atoms with E-state index in [2.05, 4.69) is 0 Å². The number of aliphatic hydroxyl groups is 1. The lowest BCUT2D eigenvalue weighted by Gasteiger charge is -2.47. The lowest BCUT2D eigenvalue weighted by molar-refractivity contribution is -0.187. The fourth-order valence-corrected chi connectivity index (χ4v) is 3.84. The van der Waals surface area contributed by atoms with Crippen LogP contribution in [0, 0.1) is 10.8 Å². The minimum atomic E-state index is -1.41. The maximum atomic E-state index is 12.1. The molecule has 0 aromatic rings. The number of aliphatic carboxylic acids is 2. The van der Waals surface area contributed by atoms with Gasteiger partial charge in [0.15, 0.2) is 0 Å². The Morgan fingerprint density at radius 2 is 1.87 bits per heavy atom. The maximum absolute atomic E-state index is 12.1. The number of hydrogen-bond donors (Lipinski definition) is 3. The standard InChI is InChI=1S/C17H26O6/c1-16(14(19)20)8-4-9-17(15(21)22,10-5-11-18)13(16)23-12-6-2-3-7-12/h4,9,12-13,18H,2-3,5-8,10-11H2,1H3,(H,19,20)(H,21,22). The number of carboxylic acid groups (broad SMARTS) is 2. The third kappa shape index (κ3) is 3.28. The van der Waals surface area contributed by atoms with E-state index in [0.29, 0.717) is 0 Å². The molecule has 6 nitrogen and oxygen atoms in total. The zero-order chi connectivity index (χ0) is 17.1. The number of hydrogen-bond acceptors (Lipinski definition) is 4. The molecule has 1 saturated carbocycles. The van der Waals surface area contributed by atoms with E-state index in [1.54, 1.807) is 19.1 Å². The SMILES string of the molecule is CC1(C(=O)O)CC=CC(CCCO)(C(=O)O)C1OC1CCCC1. The van der Waals surface area contributed by atoms with Gasteiger partial charge in [0, 0.05) is 6.61 Å². The summed E-state index contributed by atoms with van der Waals surface area (Å²) in [5, 5.41) is 28.7. The quantitative estimate of drug-likeness (QED) is 0.620. The van der Waals surface area contributed by atoms with E-state index in [9.17, 15) is 19.8 Å². The molecule has 0 radical (unpaired) electrons. The molecule has 0 amide bonds. The lowest BCUT2D eigenvalue weighted by atomic mass is 9.62. The summed E-state index contributed by atoms with van der Waals surface area (Å²) in [5.74, 6) is -2.13. The molecular weight excluding hydrogens is 300 g/mol. The molecule has 0 spiro atoms. The molecule has 6 heteroatoms. The van der Waals surface area contributed by atoms with Crippen molar-refractivity contribution >= 4 is 11.9 Å². The molecular formula is C17H26O6. The average molecular weight is 326 g/mol. The van der Waals surface area contributed by atoms with Crippen LogP contribution in [0.4, 0.5) is 0 Å². The summed E-state index contributed by atoms with van der Waals surface area (Å²) in [7, 11) is 0. The van der Waals surface area contributed by atoms with Crippen LogP contribution in [0.2, 0.25) is 0 Å². The van der Waals surface area contributed by atoms with Crippen LogP contribution < -0.4 is 0 Å². The summed E-state index contributed by atoms with van der Waals surface area (Å²) >= 11 is 0. The van der Waals surface area contributed by atoms with Crippen molar-refractivity contribution in [2.75, 3.05) is 6.61 Å². The highest BCUT2D eigenvalue weighted by Crippen LogP contribution is 2.49. The van der Waals surface area contributed by atoms with Crippen LogP contribution in [0.15, 0.2) is 12.2 Å². The van der Waals surface area contributed by atoms with E-state index in [1.165, 1.54) is 0 Å². The predicted octanol–water partition coefficient (Wildman–Crippen LogP) is 2.21. The van der Waals surface area contributed by atoms with Crippen LogP contribution in [-0.2, 0) is 14.3 Å². The van der Waals surface area contributed by atoms with Crippen molar-refractivity contribution in [2.24, 2.45) is 10.8 Å². The van der Waals surface area contributed by atoms with Gasteiger partial charge in [0.2, 0.25) is 0 Å². The Balaban J connectivity index is 2.42. The van der Waals surface area contributed by atoms with Crippen LogP contribution in [0.5, 0.6) is 0 Å². The Hall–Kier alpha value is -1.40. The van der Waals surface area contributed by atoms with Gasteiger partial charge in [-0.15, -0.1) is 0 Å². The summed E-state index contributed by atoms with van der Waals surface area (Å²) in [6, 6.07) is 0. The zero-order valence-electron chi connectivity index (χ0n) is 13.5. The Morgan fingerprint density at radius 3 is 2.39 bits per heavy atom. The molecule has 23 heavy (non-hydrogen) atoms. The number of allylic oxidation sites excluding steroid dienone is 1. The zero-order valence-corrected chi connectivity index (χ0v) is 13.5. The lowest BCUT2D eigenvalue weighted by Crippen LogP contribution is -2.57. The van der Waals surface area contributed by atoms with Crippen molar-refractivity contribution in [3.05, 3.63) is 12.2 Å². The minimum absolute atomic E-state index is 0.0852. The monoisotopic (exact) mass is 326 g/mol. The highest BCUT2D eigenvalue weighted by Gasteiger charge is 2.58. The summed E-state index contributed by atoms with van der Waals surface area (Å²) in [6.45, 7) is 1.43. The molecule has 3 N–H and O–H groups in total. The molecule has 0 saturated heterocycles. The fourth-order valence-electron chi connectivity index (χ4n) is 3.84. The van der Waals surface area contributed by atoms with Gasteiger partial charge in [0.1, 0.15) is 5.41 Å². The minimum Gasteiger partial charge on any atom is -0.481 e. The second-order valence-electron chi connectivity index (χ2n) is 6.92. The fraction of sp³-hybridized carbons (Fsp3) is 0.765. The van der Waals surface area contributed by atoms with Gasteiger partial charge >= 0.3 is 11.9 Å². The Morgan fingerprint density at radius 1 is 1.22 bits per heavy atom. The number of rotatable bonds is 7. The first-order valence-electron chi connectivity index (χ1n) is 8.27. The van der Waals surface area contributed by atoms with E-state index in [-0.39, 0.29) is 32.0 Å². The number of carbonyl (C=O) groups is 2. The first kappa shape index (κ1) is 17.9. The van der Waals surface area contributed by atoms with Gasteiger partial charge < -0.3 is 20.1 Å². The van der Waals surface area contributed by atoms with Gasteiger partial charge in [-0.1, -0.05) is 25.0 Å². The van der Waals surface area contributed by atoms with Crippen molar-refractivity contribution < 1.29 is 29.6 Å². The molecule has 2 rings (SSSR count). The molecule has 0 aromatic heterocycles. The molecule has 3 atom stereocenters. The van der Waals surface area contributed by atoms with Crippen molar-refractivity contribution in [2.45, 2.75) is 64.1 Å². The largest absolute Gasteiger partial charge is 0.481 e. The van der Waals surface area contributed by atoms with Crippen LogP contribution in [0.25, 0.3) is 0 Å². The molecule has 2 aliphatic carbocycles. The number of aliphatic hydroxyl groups excluding tert-OH is 1. The van der Waals surface area contributed by atoms with E-state index >= 15 is 0 Å². The highest BCUT2D eigenvalue weighted by molar-refractivity contribution is 5.83. The highest BCUT2D eigenvalue weighted by atomic mass is 16.5. The summed E-state index contributed by atoms with van der Waals surface area (Å²) in [6.07, 6.45) is 6.60. The Bertz CT molecular complexity index is 481. The van der Waals surface area contributed by atoms with Gasteiger partial charge in [-0.25, -0.2) is 0 Å². The Kier molecular flexibility index (Phi) is 5.47. The summed E-state index contributed by atoms with van der Waals surface area (Å²) < 4.78 is 6.11. The third-order valence-electron chi connectivity index (χ3n) is 5.27. The van der Waals surface area contributed by atoms with Crippen LogP contribution in [-0.4, -0.2) is 46.1 Å². The molecule has 0 aliphatic heterocycles. The van der Waals surface area contributed by atoms with Crippen LogP contribution in [0.1, 0.15) is 51.9 Å². The molecule has 0 heterocycles. The predicted molar refractivity (Wildman–Crippen MR) is 83.0 cm³/mol. The van der Waals surface area contributed by atoms with Gasteiger partial charge in [-0.3, -0.25) is 9.59 Å². The molecule has 0 aromatic carbocycles. The van der Waals surface area contributed by atoms with Crippen molar-refractivity contribution in [1.29, 1.82) is 0 Å². The van der Waals surface area contributed by atoms with Gasteiger partial charge in [0.25, 0.3) is 0 Å². The summed E-state index contributed by atoms with van der Waals surface area (Å²) in [4.78, 5) is 24.0. The van der Waals surface area contributed by atoms with E-state index in [4.69, 9.17) is 9.84 Å². The average Bonchev–Trinajstić information content (AvgIpc) is 3.01. The van der Waals surface area contributed by atoms with E-state index in [1.807, 2.05) is 0 Å². The maximum Gasteiger partial charge on any atom is 0.316 e. The van der Waals surface area contributed by atoms with Gasteiger partial charge in [-0.05, 0) is 39.0 Å². The van der Waals surface area contributed by atoms with E-state index < -0.39 is 28.9 Å². The Labute approximate surface area is 136 Å². The molecule has 0 bridgehead atoms. The second-order valence-corrected chi connectivity index (χ2v) is 6.92. The van der Waals surface area contributed by atoms with Crippen LogP contribution >= 0.6 is 0 Å². The normalized spacial score (nSPS) is 34.6. The topological polar surface area (TPSA) is 104 Å². The van der Waals surface area contributed by atoms with Crippen molar-refractivity contribution in [3.63, 3.8) is 0 Å². The van der Waals surface area contributed by atoms with Gasteiger partial charge in [0.05, 0.1) is 17.6 Å². The van der Waals surface area contributed by atoms with Gasteiger partial charge in [-0.2, -0.15) is 0 Å². The first-order chi connectivity index (χ1) is 10.9. The smallest absolute Gasteiger partial charge is 0.316 e. The summed E-state index contributed by atoms with van der Waals surface area (Å²) in [5.41, 5.74) is -2.69. The molecule has 2 aliphatic rings. The second kappa shape index (κ2) is 7.01. The van der Waals surface area contributed by atoms with E-state index in [0.717, 1.165) is 25.7 Å². The molecule has 1 fully saturated rings. The number of ether oxygens (including phenoxy) is 1. The van der Waals surface area contributed by atoms with Crippen LogP contribution in [0.3, 0.4) is 0 Å². The first-order valence-corrected chi connectivity index (χ1v) is 8.27. The number of carboxylic acids is 2. The third-order valence-corrected chi connectivity index (χ3v) is 5.27. The van der Waals surface area contributed by atoms with Crippen molar-refractivity contribution in [1.82, 2.24) is 0 Å². The molecule has 3 unspecified atom stereocenters.